The van der Waals surface area contributed by atoms with Crippen LogP contribution in [0.15, 0.2) is 9.98 Å². The van der Waals surface area contributed by atoms with Crippen molar-refractivity contribution in [1.29, 1.82) is 0 Å². The first kappa shape index (κ1) is 11.4. The SMILES string of the molecule is NC1N=CN=CN1[C@@H]1O[C@H](CO)[C@@H](O)[C@H]1O. The number of aliphatic imine (C=N–C) groups is 2. The summed E-state index contributed by atoms with van der Waals surface area (Å²) in [6.07, 6.45) is -2.05. The highest BCUT2D eigenvalue weighted by Crippen LogP contribution is 2.24. The molecule has 2 aliphatic heterocycles. The van der Waals surface area contributed by atoms with Gasteiger partial charge in [-0.3, -0.25) is 10.6 Å². The van der Waals surface area contributed by atoms with Gasteiger partial charge in [-0.1, -0.05) is 0 Å². The molecule has 0 aromatic rings. The number of rotatable bonds is 2. The average molecular weight is 230 g/mol. The number of ether oxygens (including phenoxy) is 1. The van der Waals surface area contributed by atoms with E-state index in [1.807, 2.05) is 0 Å². The molecule has 2 heterocycles. The Kier molecular flexibility index (Phi) is 3.17. The molecule has 0 amide bonds. The Morgan fingerprint density at radius 1 is 1.38 bits per heavy atom. The van der Waals surface area contributed by atoms with Crippen molar-refractivity contribution in [2.75, 3.05) is 6.61 Å². The maximum Gasteiger partial charge on any atom is 0.178 e. The van der Waals surface area contributed by atoms with Crippen molar-refractivity contribution in [3.8, 4) is 0 Å². The molecule has 0 bridgehead atoms. The van der Waals surface area contributed by atoms with Crippen LogP contribution in [0, 0.1) is 0 Å². The van der Waals surface area contributed by atoms with Gasteiger partial charge in [0, 0.05) is 0 Å². The third kappa shape index (κ3) is 1.81. The van der Waals surface area contributed by atoms with Crippen LogP contribution in [0.1, 0.15) is 0 Å². The normalized spacial score (nSPS) is 43.0. The first-order valence-corrected chi connectivity index (χ1v) is 4.85. The summed E-state index contributed by atoms with van der Waals surface area (Å²) in [4.78, 5) is 8.95. The third-order valence-corrected chi connectivity index (χ3v) is 2.60. The van der Waals surface area contributed by atoms with Crippen LogP contribution in [-0.4, -0.2) is 70.3 Å². The van der Waals surface area contributed by atoms with E-state index in [0.717, 1.165) is 0 Å². The monoisotopic (exact) mass is 230 g/mol. The quantitative estimate of drug-likeness (QED) is 0.402. The Morgan fingerprint density at radius 2 is 2.12 bits per heavy atom. The van der Waals surface area contributed by atoms with Crippen LogP contribution in [0.5, 0.6) is 0 Å². The van der Waals surface area contributed by atoms with Crippen LogP contribution in [0.4, 0.5) is 0 Å². The lowest BCUT2D eigenvalue weighted by molar-refractivity contribution is -0.0802. The molecule has 5 atom stereocenters. The van der Waals surface area contributed by atoms with Crippen molar-refractivity contribution < 1.29 is 20.1 Å². The summed E-state index contributed by atoms with van der Waals surface area (Å²) in [6, 6.07) is 0. The lowest BCUT2D eigenvalue weighted by Crippen LogP contribution is -2.52. The Balaban J connectivity index is 2.10. The minimum Gasteiger partial charge on any atom is -0.394 e. The van der Waals surface area contributed by atoms with Crippen molar-refractivity contribution in [1.82, 2.24) is 4.90 Å². The Labute approximate surface area is 91.7 Å². The number of aliphatic hydroxyl groups excluding tert-OH is 3. The van der Waals surface area contributed by atoms with Gasteiger partial charge in [-0.2, -0.15) is 0 Å². The van der Waals surface area contributed by atoms with Crippen LogP contribution in [0.2, 0.25) is 0 Å². The van der Waals surface area contributed by atoms with E-state index in [1.54, 1.807) is 0 Å². The second kappa shape index (κ2) is 4.44. The van der Waals surface area contributed by atoms with E-state index in [1.165, 1.54) is 17.6 Å². The Bertz CT molecular complexity index is 310. The largest absolute Gasteiger partial charge is 0.394 e. The summed E-state index contributed by atoms with van der Waals surface area (Å²) in [5.41, 5.74) is 5.65. The molecule has 0 saturated carbocycles. The molecule has 2 rings (SSSR count). The fraction of sp³-hybridized carbons (Fsp3) is 0.750. The fourth-order valence-corrected chi connectivity index (χ4v) is 1.70. The van der Waals surface area contributed by atoms with Crippen LogP contribution >= 0.6 is 0 Å². The van der Waals surface area contributed by atoms with Crippen molar-refractivity contribution >= 4 is 12.7 Å². The Morgan fingerprint density at radius 3 is 2.69 bits per heavy atom. The molecule has 1 fully saturated rings. The lowest BCUT2D eigenvalue weighted by atomic mass is 10.1. The van der Waals surface area contributed by atoms with Gasteiger partial charge in [0.25, 0.3) is 0 Å². The van der Waals surface area contributed by atoms with E-state index >= 15 is 0 Å². The zero-order valence-corrected chi connectivity index (χ0v) is 8.42. The predicted octanol–water partition coefficient (Wildman–Crippen LogP) is -2.96. The minimum absolute atomic E-state index is 0.377. The second-order valence-corrected chi connectivity index (χ2v) is 3.62. The number of nitrogens with two attached hydrogens (primary N) is 1. The number of hydrogen-bond acceptors (Lipinski definition) is 8. The lowest BCUT2D eigenvalue weighted by Gasteiger charge is -2.32. The van der Waals surface area contributed by atoms with E-state index in [9.17, 15) is 10.2 Å². The molecule has 5 N–H and O–H groups in total. The number of nitrogens with zero attached hydrogens (tertiary/aromatic N) is 3. The molecule has 0 aromatic carbocycles. The molecule has 0 aromatic heterocycles. The predicted molar refractivity (Wildman–Crippen MR) is 54.6 cm³/mol. The molecule has 1 saturated heterocycles. The van der Waals surface area contributed by atoms with Gasteiger partial charge in [-0.25, -0.2) is 9.98 Å². The molecule has 16 heavy (non-hydrogen) atoms. The third-order valence-electron chi connectivity index (χ3n) is 2.60. The summed E-state index contributed by atoms with van der Waals surface area (Å²) in [5, 5.41) is 28.2. The first-order valence-electron chi connectivity index (χ1n) is 4.85. The molecule has 0 spiro atoms. The molecule has 8 heteroatoms. The van der Waals surface area contributed by atoms with Crippen LogP contribution in [0.3, 0.4) is 0 Å². The molecule has 0 radical (unpaired) electrons. The average Bonchev–Trinajstić information content (AvgIpc) is 2.57. The van der Waals surface area contributed by atoms with Gasteiger partial charge in [-0.15, -0.1) is 0 Å². The second-order valence-electron chi connectivity index (χ2n) is 3.62. The molecule has 0 aliphatic carbocycles. The molecular weight excluding hydrogens is 216 g/mol. The summed E-state index contributed by atoms with van der Waals surface area (Å²) in [7, 11) is 0. The summed E-state index contributed by atoms with van der Waals surface area (Å²) >= 11 is 0. The fourth-order valence-electron chi connectivity index (χ4n) is 1.70. The molecule has 8 nitrogen and oxygen atoms in total. The smallest absolute Gasteiger partial charge is 0.178 e. The highest BCUT2D eigenvalue weighted by molar-refractivity contribution is 5.73. The van der Waals surface area contributed by atoms with Gasteiger partial charge < -0.3 is 20.1 Å². The highest BCUT2D eigenvalue weighted by atomic mass is 16.6. The first-order chi connectivity index (χ1) is 7.65. The van der Waals surface area contributed by atoms with E-state index in [0.29, 0.717) is 0 Å². The van der Waals surface area contributed by atoms with Crippen molar-refractivity contribution in [3.05, 3.63) is 0 Å². The molecule has 90 valence electrons. The minimum atomic E-state index is -1.16. The number of hydrogen-bond donors (Lipinski definition) is 4. The van der Waals surface area contributed by atoms with Gasteiger partial charge in [-0.05, 0) is 0 Å². The van der Waals surface area contributed by atoms with Gasteiger partial charge in [0.05, 0.1) is 12.9 Å². The van der Waals surface area contributed by atoms with Gasteiger partial charge >= 0.3 is 0 Å². The number of aliphatic hydroxyl groups is 3. The van der Waals surface area contributed by atoms with Crippen LogP contribution in [0.25, 0.3) is 0 Å². The Hall–Kier alpha value is -1.06. The molecule has 1 unspecified atom stereocenters. The van der Waals surface area contributed by atoms with Crippen LogP contribution < -0.4 is 5.73 Å². The summed E-state index contributed by atoms with van der Waals surface area (Å²) in [6.45, 7) is -0.377. The highest BCUT2D eigenvalue weighted by Gasteiger charge is 2.46. The van der Waals surface area contributed by atoms with Gasteiger partial charge in [0.2, 0.25) is 0 Å². The maximum absolute atomic E-state index is 9.73. The van der Waals surface area contributed by atoms with Crippen molar-refractivity contribution in [2.24, 2.45) is 15.7 Å². The van der Waals surface area contributed by atoms with Crippen molar-refractivity contribution in [3.63, 3.8) is 0 Å². The summed E-state index contributed by atoms with van der Waals surface area (Å²) in [5.74, 6) is 0. The van der Waals surface area contributed by atoms with Crippen LogP contribution in [-0.2, 0) is 4.74 Å². The zero-order valence-electron chi connectivity index (χ0n) is 8.42. The van der Waals surface area contributed by atoms with E-state index in [2.05, 4.69) is 9.98 Å². The van der Waals surface area contributed by atoms with Crippen molar-refractivity contribution in [2.45, 2.75) is 30.8 Å². The maximum atomic E-state index is 9.73. The molecular formula is C8H14N4O4. The van der Waals surface area contributed by atoms with Gasteiger partial charge in [0.1, 0.15) is 24.7 Å². The van der Waals surface area contributed by atoms with E-state index < -0.39 is 30.8 Å². The standard InChI is InChI=1S/C8H14N4O4/c9-8-11-2-10-3-12(8)7-6(15)5(14)4(1-13)16-7/h2-8,13-15H,1,9H2/t4-,5-,6-,7-,8?/m1/s1. The summed E-state index contributed by atoms with van der Waals surface area (Å²) < 4.78 is 5.28. The molecule has 2 aliphatic rings. The topological polar surface area (TPSA) is 124 Å². The van der Waals surface area contributed by atoms with E-state index in [4.69, 9.17) is 15.6 Å². The van der Waals surface area contributed by atoms with Gasteiger partial charge in [0.15, 0.2) is 12.5 Å². The zero-order chi connectivity index (χ0) is 11.7. The van der Waals surface area contributed by atoms with E-state index in [-0.39, 0.29) is 6.61 Å².